The summed E-state index contributed by atoms with van der Waals surface area (Å²) >= 11 is 0. The Morgan fingerprint density at radius 2 is 1.46 bits per heavy atom. The summed E-state index contributed by atoms with van der Waals surface area (Å²) < 4.78 is 17.5. The van der Waals surface area contributed by atoms with Gasteiger partial charge in [-0.15, -0.1) is 0 Å². The fraction of sp³-hybridized carbons (Fsp3) is 0.303. The van der Waals surface area contributed by atoms with Gasteiger partial charge in [0.25, 0.3) is 5.91 Å². The van der Waals surface area contributed by atoms with E-state index in [0.29, 0.717) is 24.3 Å². The van der Waals surface area contributed by atoms with Crippen molar-refractivity contribution in [2.24, 2.45) is 5.92 Å². The molecule has 0 unspecified atom stereocenters. The number of likely N-dealkylation sites (tertiary alicyclic amines) is 1. The van der Waals surface area contributed by atoms with Crippen molar-refractivity contribution in [3.63, 3.8) is 0 Å². The monoisotopic (exact) mass is 552 g/mol. The standard InChI is InChI=1S/C33H32N2O6/c36-30-14-15-31(37)41-33(40-30)28-12-6-5-11-27(28)32(38)35(33)22-24-16-19-34(20-17-24)21-18-26-10-4-7-13-29(26)39-23-25-8-2-1-3-9-25/h1-15,24H,16-23H2. The van der Waals surface area contributed by atoms with Crippen molar-refractivity contribution < 1.29 is 28.6 Å². The number of hydrogen-bond acceptors (Lipinski definition) is 7. The van der Waals surface area contributed by atoms with Crippen LogP contribution in [0.2, 0.25) is 0 Å². The molecule has 0 atom stereocenters. The number of amides is 1. The molecule has 0 aliphatic carbocycles. The molecule has 3 heterocycles. The van der Waals surface area contributed by atoms with Gasteiger partial charge < -0.3 is 19.1 Å². The maximum Gasteiger partial charge on any atom is 0.375 e. The number of piperidine rings is 1. The number of carbonyl (C=O) groups excluding carboxylic acids is 3. The lowest BCUT2D eigenvalue weighted by atomic mass is 9.95. The first-order valence-corrected chi connectivity index (χ1v) is 14.0. The molecule has 8 nitrogen and oxygen atoms in total. The zero-order valence-corrected chi connectivity index (χ0v) is 22.7. The SMILES string of the molecule is O=C1C=CC(=O)OC2(O1)c1ccccc1C(=O)N2CC1CCN(CCc2ccccc2OCc2ccccc2)CC1. The van der Waals surface area contributed by atoms with Crippen LogP contribution in [0.1, 0.15) is 39.9 Å². The summed E-state index contributed by atoms with van der Waals surface area (Å²) in [7, 11) is 0. The highest BCUT2D eigenvalue weighted by Crippen LogP contribution is 2.43. The van der Waals surface area contributed by atoms with Crippen LogP contribution in [0.4, 0.5) is 0 Å². The van der Waals surface area contributed by atoms with E-state index in [1.165, 1.54) is 10.5 Å². The topological polar surface area (TPSA) is 85.4 Å². The number of fused-ring (bicyclic) bond motifs is 2. The number of carbonyl (C=O) groups is 3. The third kappa shape index (κ3) is 5.60. The summed E-state index contributed by atoms with van der Waals surface area (Å²) in [6.07, 6.45) is 4.66. The second-order valence-corrected chi connectivity index (χ2v) is 10.6. The van der Waals surface area contributed by atoms with Crippen LogP contribution < -0.4 is 4.74 Å². The molecule has 3 aliphatic rings. The van der Waals surface area contributed by atoms with Crippen LogP contribution in [0.3, 0.4) is 0 Å². The zero-order valence-electron chi connectivity index (χ0n) is 22.7. The van der Waals surface area contributed by atoms with Gasteiger partial charge in [0.15, 0.2) is 0 Å². The molecule has 6 rings (SSSR count). The highest BCUT2D eigenvalue weighted by molar-refractivity contribution is 6.01. The number of benzene rings is 3. The molecule has 0 bridgehead atoms. The van der Waals surface area contributed by atoms with Gasteiger partial charge in [0.1, 0.15) is 12.4 Å². The van der Waals surface area contributed by atoms with E-state index in [9.17, 15) is 14.4 Å². The second-order valence-electron chi connectivity index (χ2n) is 10.6. The Hall–Kier alpha value is -4.43. The van der Waals surface area contributed by atoms with Gasteiger partial charge in [-0.2, -0.15) is 0 Å². The molecule has 0 aromatic heterocycles. The molecular weight excluding hydrogens is 520 g/mol. The molecule has 1 spiro atoms. The summed E-state index contributed by atoms with van der Waals surface area (Å²) in [6.45, 7) is 3.50. The van der Waals surface area contributed by atoms with E-state index in [-0.39, 0.29) is 11.8 Å². The molecule has 0 N–H and O–H groups in total. The van der Waals surface area contributed by atoms with E-state index in [2.05, 4.69) is 23.1 Å². The van der Waals surface area contributed by atoms with Crippen molar-refractivity contribution in [1.82, 2.24) is 9.80 Å². The van der Waals surface area contributed by atoms with Crippen LogP contribution in [0.5, 0.6) is 5.75 Å². The van der Waals surface area contributed by atoms with Gasteiger partial charge in [0.2, 0.25) is 0 Å². The third-order valence-corrected chi connectivity index (χ3v) is 7.99. The van der Waals surface area contributed by atoms with Gasteiger partial charge in [0.05, 0.1) is 11.1 Å². The molecule has 3 aliphatic heterocycles. The summed E-state index contributed by atoms with van der Waals surface area (Å²) in [5.74, 6) is -2.58. The van der Waals surface area contributed by atoms with Crippen molar-refractivity contribution in [2.45, 2.75) is 31.8 Å². The number of hydrogen-bond donors (Lipinski definition) is 0. The van der Waals surface area contributed by atoms with Crippen molar-refractivity contribution in [3.05, 3.63) is 113 Å². The van der Waals surface area contributed by atoms with E-state index in [1.807, 2.05) is 36.4 Å². The molecule has 8 heteroatoms. The minimum absolute atomic E-state index is 0.163. The lowest BCUT2D eigenvalue weighted by molar-refractivity contribution is -0.275. The normalized spacial score (nSPS) is 18.6. The summed E-state index contributed by atoms with van der Waals surface area (Å²) in [5, 5.41) is 0. The van der Waals surface area contributed by atoms with Gasteiger partial charge in [-0.25, -0.2) is 9.59 Å². The molecule has 3 aromatic carbocycles. The maximum atomic E-state index is 13.5. The molecule has 1 saturated heterocycles. The van der Waals surface area contributed by atoms with Crippen LogP contribution in [-0.2, 0) is 38.0 Å². The first-order valence-electron chi connectivity index (χ1n) is 14.0. The highest BCUT2D eigenvalue weighted by atomic mass is 16.8. The molecule has 1 amide bonds. The summed E-state index contributed by atoms with van der Waals surface area (Å²) in [6, 6.07) is 25.1. The molecule has 1 fully saturated rings. The Bertz CT molecular complexity index is 1440. The highest BCUT2D eigenvalue weighted by Gasteiger charge is 2.57. The lowest BCUT2D eigenvalue weighted by Gasteiger charge is -2.39. The Labute approximate surface area is 239 Å². The molecule has 41 heavy (non-hydrogen) atoms. The molecule has 210 valence electrons. The fourth-order valence-corrected chi connectivity index (χ4v) is 5.81. The van der Waals surface area contributed by atoms with Crippen LogP contribution in [0.15, 0.2) is 91.0 Å². The van der Waals surface area contributed by atoms with Crippen LogP contribution in [0, 0.1) is 5.92 Å². The molecule has 0 radical (unpaired) electrons. The van der Waals surface area contributed by atoms with Crippen molar-refractivity contribution in [1.29, 1.82) is 0 Å². The molecule has 3 aromatic rings. The maximum absolute atomic E-state index is 13.5. The largest absolute Gasteiger partial charge is 0.489 e. The summed E-state index contributed by atoms with van der Waals surface area (Å²) in [5.41, 5.74) is 3.07. The fourth-order valence-electron chi connectivity index (χ4n) is 5.81. The quantitative estimate of drug-likeness (QED) is 0.382. The number of nitrogens with zero attached hydrogens (tertiary/aromatic N) is 2. The lowest BCUT2D eigenvalue weighted by Crippen LogP contribution is -2.52. The second kappa shape index (κ2) is 11.6. The van der Waals surface area contributed by atoms with E-state index in [4.69, 9.17) is 14.2 Å². The van der Waals surface area contributed by atoms with Crippen LogP contribution in [-0.4, -0.2) is 53.8 Å². The zero-order chi connectivity index (χ0) is 28.2. The average Bonchev–Trinajstić information content (AvgIpc) is 3.10. The summed E-state index contributed by atoms with van der Waals surface area (Å²) in [4.78, 5) is 42.2. The van der Waals surface area contributed by atoms with Crippen molar-refractivity contribution in [3.8, 4) is 5.75 Å². The van der Waals surface area contributed by atoms with Gasteiger partial charge in [-0.05, 0) is 67.6 Å². The van der Waals surface area contributed by atoms with Gasteiger partial charge >= 0.3 is 17.8 Å². The first-order chi connectivity index (χ1) is 20.0. The minimum Gasteiger partial charge on any atom is -0.489 e. The number of para-hydroxylation sites is 1. The van der Waals surface area contributed by atoms with E-state index in [0.717, 1.165) is 62.4 Å². The van der Waals surface area contributed by atoms with Crippen LogP contribution in [0.25, 0.3) is 0 Å². The Morgan fingerprint density at radius 1 is 0.805 bits per heavy atom. The van der Waals surface area contributed by atoms with E-state index < -0.39 is 17.8 Å². The predicted octanol–water partition coefficient (Wildman–Crippen LogP) is 4.44. The van der Waals surface area contributed by atoms with E-state index in [1.54, 1.807) is 24.3 Å². The average molecular weight is 553 g/mol. The Kier molecular flexibility index (Phi) is 7.57. The molecular formula is C33H32N2O6. The smallest absolute Gasteiger partial charge is 0.375 e. The number of ether oxygens (including phenoxy) is 3. The third-order valence-electron chi connectivity index (χ3n) is 7.99. The van der Waals surface area contributed by atoms with Gasteiger partial charge in [0, 0.05) is 25.2 Å². The van der Waals surface area contributed by atoms with Gasteiger partial charge in [-0.1, -0.05) is 60.7 Å². The molecule has 0 saturated carbocycles. The van der Waals surface area contributed by atoms with Gasteiger partial charge in [-0.3, -0.25) is 9.69 Å². The predicted molar refractivity (Wildman–Crippen MR) is 151 cm³/mol. The minimum atomic E-state index is -1.88. The van der Waals surface area contributed by atoms with Crippen molar-refractivity contribution >= 4 is 17.8 Å². The van der Waals surface area contributed by atoms with Crippen molar-refractivity contribution in [2.75, 3.05) is 26.2 Å². The van der Waals surface area contributed by atoms with Crippen LogP contribution >= 0.6 is 0 Å². The Balaban J connectivity index is 1.07. The Morgan fingerprint density at radius 3 is 2.22 bits per heavy atom. The van der Waals surface area contributed by atoms with E-state index >= 15 is 0 Å². The number of rotatable bonds is 8. The first kappa shape index (κ1) is 26.8. The number of esters is 2.